The quantitative estimate of drug-likeness (QED) is 0.743. The Morgan fingerprint density at radius 2 is 1.62 bits per heavy atom. The third-order valence-corrected chi connectivity index (χ3v) is 5.13. The largest absolute Gasteiger partial charge is 0.395 e. The first-order valence-electron chi connectivity index (χ1n) is 8.26. The molecule has 26 heavy (non-hydrogen) atoms. The minimum atomic E-state index is 0. The Labute approximate surface area is 177 Å². The van der Waals surface area contributed by atoms with Crippen molar-refractivity contribution in [1.82, 2.24) is 9.80 Å². The summed E-state index contributed by atoms with van der Waals surface area (Å²) >= 11 is 12.7. The van der Waals surface area contributed by atoms with Crippen LogP contribution in [0.3, 0.4) is 0 Å². The topological polar surface area (TPSA) is 26.7 Å². The van der Waals surface area contributed by atoms with Gasteiger partial charge < -0.3 is 5.11 Å². The third-order valence-electron chi connectivity index (χ3n) is 4.55. The van der Waals surface area contributed by atoms with E-state index >= 15 is 0 Å². The van der Waals surface area contributed by atoms with Gasteiger partial charge in [-0.3, -0.25) is 9.80 Å². The number of benzene rings is 2. The van der Waals surface area contributed by atoms with Crippen LogP contribution in [0.15, 0.2) is 48.5 Å². The molecule has 0 aromatic heterocycles. The predicted molar refractivity (Wildman–Crippen MR) is 114 cm³/mol. The zero-order valence-corrected chi connectivity index (χ0v) is 17.5. The van der Waals surface area contributed by atoms with Crippen LogP contribution < -0.4 is 0 Å². The lowest BCUT2D eigenvalue weighted by Gasteiger charge is -2.39. The lowest BCUT2D eigenvalue weighted by molar-refractivity contribution is 0.0945. The molecule has 0 spiro atoms. The molecule has 0 aliphatic carbocycles. The van der Waals surface area contributed by atoms with Crippen LogP contribution in [0.5, 0.6) is 0 Å². The summed E-state index contributed by atoms with van der Waals surface area (Å²) in [5.74, 6) is 0. The minimum Gasteiger partial charge on any atom is -0.395 e. The fourth-order valence-corrected chi connectivity index (χ4v) is 3.78. The lowest BCUT2D eigenvalue weighted by atomic mass is 9.96. The van der Waals surface area contributed by atoms with E-state index in [9.17, 15) is 0 Å². The summed E-state index contributed by atoms with van der Waals surface area (Å²) in [5.41, 5.74) is 2.27. The molecular formula is C19H24Cl4N2O. The highest BCUT2D eigenvalue weighted by Gasteiger charge is 2.27. The van der Waals surface area contributed by atoms with Gasteiger partial charge in [-0.1, -0.05) is 53.5 Å². The number of nitrogens with zero attached hydrogens (tertiary/aromatic N) is 2. The van der Waals surface area contributed by atoms with E-state index < -0.39 is 0 Å². The van der Waals surface area contributed by atoms with Crippen LogP contribution in [0.4, 0.5) is 0 Å². The van der Waals surface area contributed by atoms with Crippen LogP contribution in [0.2, 0.25) is 10.0 Å². The van der Waals surface area contributed by atoms with Gasteiger partial charge in [0.1, 0.15) is 0 Å². The van der Waals surface area contributed by atoms with Crippen molar-refractivity contribution in [1.29, 1.82) is 0 Å². The van der Waals surface area contributed by atoms with Gasteiger partial charge in [-0.05, 0) is 29.3 Å². The lowest BCUT2D eigenvalue weighted by Crippen LogP contribution is -2.48. The molecule has 1 saturated heterocycles. The van der Waals surface area contributed by atoms with Crippen LogP contribution in [0.25, 0.3) is 0 Å². The van der Waals surface area contributed by atoms with E-state index in [4.69, 9.17) is 28.3 Å². The molecule has 1 atom stereocenters. The summed E-state index contributed by atoms with van der Waals surface area (Å²) in [4.78, 5) is 4.74. The van der Waals surface area contributed by atoms with Crippen LogP contribution in [-0.4, -0.2) is 54.2 Å². The van der Waals surface area contributed by atoms with Crippen LogP contribution in [0.1, 0.15) is 17.2 Å². The first-order chi connectivity index (χ1) is 11.7. The second-order valence-electron chi connectivity index (χ2n) is 6.08. The summed E-state index contributed by atoms with van der Waals surface area (Å²) in [5, 5.41) is 10.6. The Balaban J connectivity index is 0.00000169. The highest BCUT2D eigenvalue weighted by molar-refractivity contribution is 6.31. The molecule has 0 radical (unpaired) electrons. The van der Waals surface area contributed by atoms with Crippen molar-refractivity contribution in [3.63, 3.8) is 0 Å². The van der Waals surface area contributed by atoms with Gasteiger partial charge in [0.2, 0.25) is 0 Å². The molecule has 144 valence electrons. The molecule has 1 unspecified atom stereocenters. The zero-order chi connectivity index (χ0) is 16.9. The highest BCUT2D eigenvalue weighted by Crippen LogP contribution is 2.34. The molecule has 1 heterocycles. The normalized spacial score (nSPS) is 16.4. The highest BCUT2D eigenvalue weighted by atomic mass is 35.5. The molecule has 7 heteroatoms. The number of aliphatic hydroxyl groups excluding tert-OH is 1. The molecule has 1 aliphatic rings. The maximum absolute atomic E-state index is 9.13. The molecule has 0 amide bonds. The Morgan fingerprint density at radius 1 is 0.923 bits per heavy atom. The van der Waals surface area contributed by atoms with Gasteiger partial charge in [0, 0.05) is 42.8 Å². The number of hydrogen-bond acceptors (Lipinski definition) is 3. The molecule has 1 fully saturated rings. The van der Waals surface area contributed by atoms with E-state index in [0.717, 1.165) is 53.9 Å². The average molecular weight is 438 g/mol. The van der Waals surface area contributed by atoms with Crippen molar-refractivity contribution >= 4 is 48.0 Å². The summed E-state index contributed by atoms with van der Waals surface area (Å²) < 4.78 is 0. The SMILES string of the molecule is Cl.Cl.OCCN1CCN(C(c2cccc(Cl)c2)c2ccccc2Cl)CC1. The van der Waals surface area contributed by atoms with Crippen molar-refractivity contribution in [2.45, 2.75) is 6.04 Å². The van der Waals surface area contributed by atoms with Crippen molar-refractivity contribution in [3.8, 4) is 0 Å². The van der Waals surface area contributed by atoms with E-state index in [0.29, 0.717) is 0 Å². The van der Waals surface area contributed by atoms with E-state index in [2.05, 4.69) is 21.9 Å². The maximum Gasteiger partial charge on any atom is 0.0617 e. The Hall–Kier alpha value is -0.520. The molecule has 0 bridgehead atoms. The molecular weight excluding hydrogens is 414 g/mol. The third kappa shape index (κ3) is 5.74. The molecule has 3 nitrogen and oxygen atoms in total. The average Bonchev–Trinajstić information content (AvgIpc) is 2.59. The fourth-order valence-electron chi connectivity index (χ4n) is 3.35. The summed E-state index contributed by atoms with van der Waals surface area (Å²) in [6.45, 7) is 4.71. The minimum absolute atomic E-state index is 0. The second-order valence-corrected chi connectivity index (χ2v) is 6.92. The van der Waals surface area contributed by atoms with Crippen LogP contribution in [-0.2, 0) is 0 Å². The maximum atomic E-state index is 9.13. The van der Waals surface area contributed by atoms with E-state index in [1.54, 1.807) is 0 Å². The second kappa shape index (κ2) is 11.4. The summed E-state index contributed by atoms with van der Waals surface area (Å²) in [7, 11) is 0. The van der Waals surface area contributed by atoms with Gasteiger partial charge in [-0.15, -0.1) is 24.8 Å². The number of hydrogen-bond donors (Lipinski definition) is 1. The van der Waals surface area contributed by atoms with Gasteiger partial charge in [0.05, 0.1) is 12.6 Å². The molecule has 2 aromatic carbocycles. The van der Waals surface area contributed by atoms with Crippen molar-refractivity contribution in [2.75, 3.05) is 39.3 Å². The zero-order valence-electron chi connectivity index (χ0n) is 14.4. The molecule has 1 N–H and O–H groups in total. The summed E-state index contributed by atoms with van der Waals surface area (Å²) in [6, 6.07) is 16.1. The van der Waals surface area contributed by atoms with Crippen molar-refractivity contribution in [3.05, 3.63) is 69.7 Å². The number of aliphatic hydroxyl groups is 1. The smallest absolute Gasteiger partial charge is 0.0617 e. The molecule has 1 aliphatic heterocycles. The first kappa shape index (κ1) is 23.5. The number of β-amino-alcohol motifs (C(OH)–C–C–N with tert-alkyl or cyclic N) is 1. The van der Waals surface area contributed by atoms with Crippen molar-refractivity contribution in [2.24, 2.45) is 0 Å². The molecule has 0 saturated carbocycles. The van der Waals surface area contributed by atoms with E-state index in [1.165, 1.54) is 0 Å². The Bertz CT molecular complexity index is 678. The van der Waals surface area contributed by atoms with Gasteiger partial charge in [-0.2, -0.15) is 0 Å². The fraction of sp³-hybridized carbons (Fsp3) is 0.368. The monoisotopic (exact) mass is 436 g/mol. The predicted octanol–water partition coefficient (Wildman–Crippen LogP) is 4.54. The summed E-state index contributed by atoms with van der Waals surface area (Å²) in [6.07, 6.45) is 0. The number of rotatable bonds is 5. The standard InChI is InChI=1S/C19H22Cl2N2O.2ClH/c20-16-5-3-4-15(14-16)19(17-6-1-2-7-18(17)21)23-10-8-22(9-11-23)12-13-24;;/h1-7,14,19,24H,8-13H2;2*1H. The van der Waals surface area contributed by atoms with Gasteiger partial charge in [-0.25, -0.2) is 0 Å². The Morgan fingerprint density at radius 3 is 2.23 bits per heavy atom. The molecule has 3 rings (SSSR count). The first-order valence-corrected chi connectivity index (χ1v) is 9.02. The van der Waals surface area contributed by atoms with Gasteiger partial charge in [0.25, 0.3) is 0 Å². The Kier molecular flexibility index (Phi) is 10.3. The van der Waals surface area contributed by atoms with Gasteiger partial charge >= 0.3 is 0 Å². The van der Waals surface area contributed by atoms with Crippen molar-refractivity contribution < 1.29 is 5.11 Å². The van der Waals surface area contributed by atoms with Crippen LogP contribution >= 0.6 is 48.0 Å². The number of halogens is 4. The number of piperazine rings is 1. The van der Waals surface area contributed by atoms with E-state index in [-0.39, 0.29) is 37.5 Å². The van der Waals surface area contributed by atoms with Gasteiger partial charge in [0.15, 0.2) is 0 Å². The van der Waals surface area contributed by atoms with E-state index in [1.807, 2.05) is 36.4 Å². The van der Waals surface area contributed by atoms with Crippen LogP contribution in [0, 0.1) is 0 Å². The molecule has 2 aromatic rings.